The van der Waals surface area contributed by atoms with Crippen molar-refractivity contribution in [2.75, 3.05) is 11.9 Å². The van der Waals surface area contributed by atoms with Crippen LogP contribution < -0.4 is 5.32 Å². The number of nitrogens with zero attached hydrogens (tertiary/aromatic N) is 2. The molecule has 1 aromatic carbocycles. The fraction of sp³-hybridized carbons (Fsp3) is 0.250. The van der Waals surface area contributed by atoms with Gasteiger partial charge in [0.25, 0.3) is 5.69 Å². The molecule has 2 rings (SSSR count). The van der Waals surface area contributed by atoms with Gasteiger partial charge in [-0.05, 0) is 19.1 Å². The van der Waals surface area contributed by atoms with E-state index in [4.69, 9.17) is 0 Å². The molecule has 0 bridgehead atoms. The van der Waals surface area contributed by atoms with Gasteiger partial charge in [-0.2, -0.15) is 0 Å². The van der Waals surface area contributed by atoms with Gasteiger partial charge in [0.15, 0.2) is 0 Å². The average molecular weight is 247 g/mol. The summed E-state index contributed by atoms with van der Waals surface area (Å²) in [6.07, 6.45) is 2.60. The van der Waals surface area contributed by atoms with E-state index in [9.17, 15) is 15.2 Å². The smallest absolute Gasteiger partial charge is 0.277 e. The lowest BCUT2D eigenvalue weighted by Crippen LogP contribution is -2.15. The molecule has 1 aromatic heterocycles. The Morgan fingerprint density at radius 1 is 1.44 bits per heavy atom. The Hall–Kier alpha value is -2.21. The molecule has 0 aliphatic heterocycles. The van der Waals surface area contributed by atoms with Crippen LogP contribution in [0, 0.1) is 10.1 Å². The minimum absolute atomic E-state index is 0.0509. The molecule has 1 unspecified atom stereocenters. The molecule has 0 saturated carbocycles. The maximum absolute atomic E-state index is 10.9. The van der Waals surface area contributed by atoms with Gasteiger partial charge in [-0.1, -0.05) is 0 Å². The predicted octanol–water partition coefficient (Wildman–Crippen LogP) is 1.94. The number of aliphatic hydroxyl groups excluding tert-OH is 1. The van der Waals surface area contributed by atoms with Gasteiger partial charge in [0.2, 0.25) is 0 Å². The quantitative estimate of drug-likeness (QED) is 0.636. The van der Waals surface area contributed by atoms with Crippen LogP contribution in [0.4, 0.5) is 11.4 Å². The lowest BCUT2D eigenvalue weighted by Gasteiger charge is -2.11. The van der Waals surface area contributed by atoms with Gasteiger partial charge < -0.3 is 10.4 Å². The van der Waals surface area contributed by atoms with Crippen LogP contribution in [-0.2, 0) is 0 Å². The number of nitrogens with one attached hydrogen (secondary N) is 1. The summed E-state index contributed by atoms with van der Waals surface area (Å²) < 4.78 is 0. The normalized spacial score (nSPS) is 12.3. The Kier molecular flexibility index (Phi) is 3.38. The van der Waals surface area contributed by atoms with Crippen molar-refractivity contribution in [2.24, 2.45) is 0 Å². The maximum atomic E-state index is 10.9. The summed E-state index contributed by atoms with van der Waals surface area (Å²) in [7, 11) is 0. The molecular weight excluding hydrogens is 234 g/mol. The Morgan fingerprint density at radius 3 is 2.89 bits per heavy atom. The van der Waals surface area contributed by atoms with Gasteiger partial charge in [0, 0.05) is 36.1 Å². The second-order valence-corrected chi connectivity index (χ2v) is 4.04. The number of fused-ring (bicyclic) bond motifs is 1. The lowest BCUT2D eigenvalue weighted by molar-refractivity contribution is -0.383. The number of hydrogen-bond donors (Lipinski definition) is 2. The fourth-order valence-electron chi connectivity index (χ4n) is 1.75. The molecule has 0 spiro atoms. The fourth-order valence-corrected chi connectivity index (χ4v) is 1.75. The van der Waals surface area contributed by atoms with Crippen LogP contribution in [0.25, 0.3) is 10.8 Å². The van der Waals surface area contributed by atoms with Crippen molar-refractivity contribution >= 4 is 22.1 Å². The van der Waals surface area contributed by atoms with Crippen molar-refractivity contribution in [1.29, 1.82) is 0 Å². The molecule has 94 valence electrons. The number of benzene rings is 1. The number of nitro groups is 1. The second kappa shape index (κ2) is 4.97. The first-order chi connectivity index (χ1) is 8.59. The first kappa shape index (κ1) is 12.3. The molecule has 0 radical (unpaired) electrons. The van der Waals surface area contributed by atoms with E-state index >= 15 is 0 Å². The monoisotopic (exact) mass is 247 g/mol. The number of non-ortho nitro benzene ring substituents is 1. The zero-order chi connectivity index (χ0) is 13.1. The predicted molar refractivity (Wildman–Crippen MR) is 68.6 cm³/mol. The van der Waals surface area contributed by atoms with Crippen LogP contribution in [0.5, 0.6) is 0 Å². The second-order valence-electron chi connectivity index (χ2n) is 4.04. The van der Waals surface area contributed by atoms with Crippen molar-refractivity contribution < 1.29 is 10.0 Å². The summed E-state index contributed by atoms with van der Waals surface area (Å²) in [6.45, 7) is 2.04. The van der Waals surface area contributed by atoms with E-state index < -0.39 is 11.0 Å². The summed E-state index contributed by atoms with van der Waals surface area (Å²) in [5.74, 6) is 0. The highest BCUT2D eigenvalue weighted by molar-refractivity contribution is 5.99. The summed E-state index contributed by atoms with van der Waals surface area (Å²) in [6, 6.07) is 4.69. The zero-order valence-corrected chi connectivity index (χ0v) is 9.83. The maximum Gasteiger partial charge on any atom is 0.277 e. The topological polar surface area (TPSA) is 88.3 Å². The highest BCUT2D eigenvalue weighted by atomic mass is 16.6. The molecule has 2 N–H and O–H groups in total. The summed E-state index contributed by atoms with van der Waals surface area (Å²) in [5.41, 5.74) is 0.777. The third-order valence-electron chi connectivity index (χ3n) is 2.58. The molecule has 0 aliphatic rings. The average Bonchev–Trinajstić information content (AvgIpc) is 2.35. The van der Waals surface area contributed by atoms with Gasteiger partial charge in [-0.15, -0.1) is 0 Å². The minimum Gasteiger partial charge on any atom is -0.392 e. The first-order valence-corrected chi connectivity index (χ1v) is 5.52. The van der Waals surface area contributed by atoms with E-state index in [-0.39, 0.29) is 5.69 Å². The van der Waals surface area contributed by atoms with E-state index in [0.29, 0.717) is 17.3 Å². The van der Waals surface area contributed by atoms with Crippen LogP contribution in [0.2, 0.25) is 0 Å². The molecule has 0 fully saturated rings. The molecule has 1 heterocycles. The summed E-state index contributed by atoms with van der Waals surface area (Å²) >= 11 is 0. The number of anilines is 1. The Balaban J connectivity index is 2.50. The molecule has 0 amide bonds. The highest BCUT2D eigenvalue weighted by Gasteiger charge is 2.14. The van der Waals surface area contributed by atoms with Crippen LogP contribution in [0.3, 0.4) is 0 Å². The summed E-state index contributed by atoms with van der Waals surface area (Å²) in [4.78, 5) is 14.5. The Morgan fingerprint density at radius 2 is 2.22 bits per heavy atom. The third-order valence-corrected chi connectivity index (χ3v) is 2.58. The van der Waals surface area contributed by atoms with E-state index in [1.54, 1.807) is 25.3 Å². The third kappa shape index (κ3) is 2.38. The van der Waals surface area contributed by atoms with Gasteiger partial charge in [0.05, 0.1) is 16.4 Å². The molecular formula is C12H13N3O3. The van der Waals surface area contributed by atoms with Gasteiger partial charge in [-0.3, -0.25) is 15.1 Å². The lowest BCUT2D eigenvalue weighted by atomic mass is 10.1. The van der Waals surface area contributed by atoms with Crippen LogP contribution in [0.15, 0.2) is 30.6 Å². The standard InChI is InChI=1S/C12H13N3O3/c1-8(16)6-14-11-2-3-12(15(17)18)9-4-5-13-7-10(9)11/h2-5,7-8,14,16H,6H2,1H3. The van der Waals surface area contributed by atoms with Gasteiger partial charge >= 0.3 is 0 Å². The molecule has 2 aromatic rings. The van der Waals surface area contributed by atoms with Crippen LogP contribution in [0.1, 0.15) is 6.92 Å². The first-order valence-electron chi connectivity index (χ1n) is 5.52. The zero-order valence-electron chi connectivity index (χ0n) is 9.83. The highest BCUT2D eigenvalue weighted by Crippen LogP contribution is 2.30. The summed E-state index contributed by atoms with van der Waals surface area (Å²) in [5, 5.41) is 24.4. The molecule has 0 saturated heterocycles. The van der Waals surface area contributed by atoms with Crippen LogP contribution in [-0.4, -0.2) is 27.7 Å². The van der Waals surface area contributed by atoms with E-state index in [0.717, 1.165) is 5.69 Å². The number of hydrogen-bond acceptors (Lipinski definition) is 5. The number of pyridine rings is 1. The number of rotatable bonds is 4. The SMILES string of the molecule is CC(O)CNc1ccc([N+](=O)[O-])c2ccncc12. The molecule has 6 heteroatoms. The van der Waals surface area contributed by atoms with E-state index in [1.807, 2.05) is 0 Å². The van der Waals surface area contributed by atoms with Crippen molar-refractivity contribution in [3.63, 3.8) is 0 Å². The van der Waals surface area contributed by atoms with Crippen molar-refractivity contribution in [3.8, 4) is 0 Å². The number of aliphatic hydroxyl groups is 1. The van der Waals surface area contributed by atoms with Gasteiger partial charge in [0.1, 0.15) is 0 Å². The molecule has 0 aliphatic carbocycles. The Labute approximate surface area is 103 Å². The molecule has 1 atom stereocenters. The largest absolute Gasteiger partial charge is 0.392 e. The van der Waals surface area contributed by atoms with E-state index in [2.05, 4.69) is 10.3 Å². The van der Waals surface area contributed by atoms with E-state index in [1.165, 1.54) is 12.3 Å². The van der Waals surface area contributed by atoms with Crippen molar-refractivity contribution in [1.82, 2.24) is 4.98 Å². The number of nitro benzene ring substituents is 1. The number of aromatic nitrogens is 1. The van der Waals surface area contributed by atoms with Gasteiger partial charge in [-0.25, -0.2) is 0 Å². The molecule has 18 heavy (non-hydrogen) atoms. The molecule has 6 nitrogen and oxygen atoms in total. The van der Waals surface area contributed by atoms with Crippen molar-refractivity contribution in [3.05, 3.63) is 40.7 Å². The Bertz CT molecular complexity index is 584. The van der Waals surface area contributed by atoms with Crippen molar-refractivity contribution in [2.45, 2.75) is 13.0 Å². The minimum atomic E-state index is -0.494. The van der Waals surface area contributed by atoms with Crippen LogP contribution >= 0.6 is 0 Å².